The van der Waals surface area contributed by atoms with Crippen molar-refractivity contribution in [1.29, 1.82) is 0 Å². The third-order valence-electron chi connectivity index (χ3n) is 4.25. The first-order valence-corrected chi connectivity index (χ1v) is 10.1. The average molecular weight is 388 g/mol. The maximum atomic E-state index is 12.8. The molecule has 0 aromatic heterocycles. The van der Waals surface area contributed by atoms with Crippen molar-refractivity contribution < 1.29 is 18.0 Å². The van der Waals surface area contributed by atoms with Crippen LogP contribution in [0.25, 0.3) is 0 Å². The molecule has 0 bridgehead atoms. The quantitative estimate of drug-likeness (QED) is 0.709. The summed E-state index contributed by atoms with van der Waals surface area (Å²) in [6, 6.07) is 4.03. The molecule has 0 N–H and O–H groups in total. The van der Waals surface area contributed by atoms with Crippen LogP contribution >= 0.6 is 11.6 Å². The first kappa shape index (κ1) is 19.5. The zero-order valence-electron chi connectivity index (χ0n) is 14.5. The molecule has 1 fully saturated rings. The van der Waals surface area contributed by atoms with Crippen LogP contribution in [0, 0.1) is 6.92 Å². The Bertz CT molecular complexity index is 761. The number of anilines is 1. The Kier molecular flexibility index (Phi) is 5.95. The molecular formula is C16H22ClN3O4S. The summed E-state index contributed by atoms with van der Waals surface area (Å²) in [7, 11) is -3.69. The fourth-order valence-electron chi connectivity index (χ4n) is 2.91. The number of rotatable bonds is 5. The number of sulfonamides is 1. The molecule has 2 rings (SSSR count). The van der Waals surface area contributed by atoms with Crippen LogP contribution in [0.15, 0.2) is 18.2 Å². The van der Waals surface area contributed by atoms with Crippen molar-refractivity contribution in [3.05, 3.63) is 28.8 Å². The minimum absolute atomic E-state index is 0.296. The number of nitrogens with zero attached hydrogens (tertiary/aromatic N) is 3. The number of halogens is 1. The maximum absolute atomic E-state index is 12.8. The van der Waals surface area contributed by atoms with Gasteiger partial charge in [-0.15, -0.1) is 0 Å². The van der Waals surface area contributed by atoms with Gasteiger partial charge in [-0.1, -0.05) is 17.7 Å². The van der Waals surface area contributed by atoms with E-state index in [-0.39, 0.29) is 5.91 Å². The van der Waals surface area contributed by atoms with Gasteiger partial charge in [0.2, 0.25) is 22.3 Å². The van der Waals surface area contributed by atoms with E-state index in [1.54, 1.807) is 41.8 Å². The fraction of sp³-hybridized carbons (Fsp3) is 0.500. The van der Waals surface area contributed by atoms with Gasteiger partial charge < -0.3 is 9.80 Å². The van der Waals surface area contributed by atoms with E-state index in [1.165, 1.54) is 0 Å². The van der Waals surface area contributed by atoms with Crippen LogP contribution in [-0.4, -0.2) is 69.0 Å². The maximum Gasteiger partial charge on any atom is 0.246 e. The first-order valence-electron chi connectivity index (χ1n) is 7.89. The lowest BCUT2D eigenvalue weighted by Crippen LogP contribution is -2.55. The van der Waals surface area contributed by atoms with Gasteiger partial charge in [-0.3, -0.25) is 13.9 Å². The number of aryl methyl sites for hydroxylation is 1. The topological polar surface area (TPSA) is 78.0 Å². The Morgan fingerprint density at radius 3 is 2.40 bits per heavy atom. The highest BCUT2D eigenvalue weighted by molar-refractivity contribution is 7.92. The van der Waals surface area contributed by atoms with E-state index in [2.05, 4.69) is 0 Å². The van der Waals surface area contributed by atoms with Crippen LogP contribution in [0.2, 0.25) is 5.02 Å². The van der Waals surface area contributed by atoms with E-state index in [1.807, 2.05) is 0 Å². The molecule has 25 heavy (non-hydrogen) atoms. The smallest absolute Gasteiger partial charge is 0.246 e. The lowest BCUT2D eigenvalue weighted by Gasteiger charge is -2.37. The highest BCUT2D eigenvalue weighted by Crippen LogP contribution is 2.28. The number of carbonyl (C=O) groups excluding carboxylic acids is 2. The second-order valence-electron chi connectivity index (χ2n) is 6.13. The van der Waals surface area contributed by atoms with Crippen molar-refractivity contribution in [1.82, 2.24) is 9.80 Å². The summed E-state index contributed by atoms with van der Waals surface area (Å²) in [5.74, 6) is -0.296. The van der Waals surface area contributed by atoms with Crippen molar-refractivity contribution >= 4 is 39.6 Å². The van der Waals surface area contributed by atoms with Crippen molar-refractivity contribution in [2.24, 2.45) is 0 Å². The van der Waals surface area contributed by atoms with Crippen LogP contribution in [0.4, 0.5) is 5.69 Å². The molecule has 0 spiro atoms. The average Bonchev–Trinajstić information content (AvgIpc) is 2.56. The lowest BCUT2D eigenvalue weighted by atomic mass is 10.1. The SMILES string of the molecule is Cc1ccc(Cl)cc1N(C(C)C(=O)N1CCN(C=O)CC1)S(C)(=O)=O. The van der Waals surface area contributed by atoms with Gasteiger partial charge in [0.1, 0.15) is 6.04 Å². The van der Waals surface area contributed by atoms with Gasteiger partial charge in [0, 0.05) is 31.2 Å². The Hall–Kier alpha value is -1.80. The molecule has 1 heterocycles. The summed E-state index contributed by atoms with van der Waals surface area (Å²) in [4.78, 5) is 26.8. The summed E-state index contributed by atoms with van der Waals surface area (Å²) in [6.45, 7) is 4.98. The molecule has 138 valence electrons. The van der Waals surface area contributed by atoms with Crippen molar-refractivity contribution in [2.45, 2.75) is 19.9 Å². The number of piperazine rings is 1. The summed E-state index contributed by atoms with van der Waals surface area (Å²) in [6.07, 6.45) is 1.82. The summed E-state index contributed by atoms with van der Waals surface area (Å²) >= 11 is 6.02. The first-order chi connectivity index (χ1) is 11.6. The largest absolute Gasteiger partial charge is 0.342 e. The minimum atomic E-state index is -3.69. The molecule has 2 amide bonds. The molecule has 1 atom stereocenters. The van der Waals surface area contributed by atoms with E-state index in [0.717, 1.165) is 17.0 Å². The minimum Gasteiger partial charge on any atom is -0.342 e. The molecular weight excluding hydrogens is 366 g/mol. The monoisotopic (exact) mass is 387 g/mol. The second-order valence-corrected chi connectivity index (χ2v) is 8.43. The fourth-order valence-corrected chi connectivity index (χ4v) is 4.29. The van der Waals surface area contributed by atoms with Gasteiger partial charge >= 0.3 is 0 Å². The van der Waals surface area contributed by atoms with E-state index in [4.69, 9.17) is 11.6 Å². The van der Waals surface area contributed by atoms with Gasteiger partial charge in [0.25, 0.3) is 0 Å². The summed E-state index contributed by atoms with van der Waals surface area (Å²) in [5.41, 5.74) is 1.10. The molecule has 7 nitrogen and oxygen atoms in total. The second kappa shape index (κ2) is 7.61. The predicted molar refractivity (Wildman–Crippen MR) is 97.2 cm³/mol. The van der Waals surface area contributed by atoms with E-state index in [0.29, 0.717) is 42.5 Å². The van der Waals surface area contributed by atoms with E-state index < -0.39 is 16.1 Å². The van der Waals surface area contributed by atoms with Crippen molar-refractivity contribution in [2.75, 3.05) is 36.7 Å². The highest BCUT2D eigenvalue weighted by atomic mass is 35.5. The van der Waals surface area contributed by atoms with Crippen LogP contribution in [0.1, 0.15) is 12.5 Å². The zero-order valence-corrected chi connectivity index (χ0v) is 16.0. The lowest BCUT2D eigenvalue weighted by molar-refractivity contribution is -0.135. The number of hydrogen-bond acceptors (Lipinski definition) is 4. The number of hydrogen-bond donors (Lipinski definition) is 0. The summed E-state index contributed by atoms with van der Waals surface area (Å²) in [5, 5.41) is 0.397. The van der Waals surface area contributed by atoms with Gasteiger partial charge in [-0.2, -0.15) is 0 Å². The van der Waals surface area contributed by atoms with Crippen LogP contribution in [0.3, 0.4) is 0 Å². The Morgan fingerprint density at radius 2 is 1.88 bits per heavy atom. The zero-order chi connectivity index (χ0) is 18.8. The normalized spacial score (nSPS) is 16.5. The standard InChI is InChI=1S/C16H22ClN3O4S/c1-12-4-5-14(17)10-15(12)20(25(3,23)24)13(2)16(22)19-8-6-18(11-21)7-9-19/h4-5,10-11,13H,6-9H2,1-3H3. The Balaban J connectivity index is 2.31. The van der Waals surface area contributed by atoms with Crippen molar-refractivity contribution in [3.8, 4) is 0 Å². The highest BCUT2D eigenvalue weighted by Gasteiger charge is 2.34. The third-order valence-corrected chi connectivity index (χ3v) is 5.71. The molecule has 1 aliphatic rings. The molecule has 1 aromatic carbocycles. The third kappa shape index (κ3) is 4.43. The van der Waals surface area contributed by atoms with Crippen molar-refractivity contribution in [3.63, 3.8) is 0 Å². The molecule has 1 aliphatic heterocycles. The van der Waals surface area contributed by atoms with E-state index in [9.17, 15) is 18.0 Å². The number of benzene rings is 1. The van der Waals surface area contributed by atoms with Crippen LogP contribution in [-0.2, 0) is 19.6 Å². The molecule has 9 heteroatoms. The molecule has 1 saturated heterocycles. The molecule has 0 radical (unpaired) electrons. The molecule has 1 unspecified atom stereocenters. The predicted octanol–water partition coefficient (Wildman–Crippen LogP) is 1.10. The molecule has 1 aromatic rings. The van der Waals surface area contributed by atoms with Crippen LogP contribution in [0.5, 0.6) is 0 Å². The van der Waals surface area contributed by atoms with Gasteiger partial charge in [-0.05, 0) is 31.5 Å². The Labute approximate surface area is 153 Å². The summed E-state index contributed by atoms with van der Waals surface area (Å²) < 4.78 is 25.9. The van der Waals surface area contributed by atoms with Crippen LogP contribution < -0.4 is 4.31 Å². The Morgan fingerprint density at radius 1 is 1.28 bits per heavy atom. The van der Waals surface area contributed by atoms with Gasteiger partial charge in [-0.25, -0.2) is 8.42 Å². The van der Waals surface area contributed by atoms with E-state index >= 15 is 0 Å². The van der Waals surface area contributed by atoms with Gasteiger partial charge in [0.15, 0.2) is 0 Å². The number of amides is 2. The number of carbonyl (C=O) groups is 2. The molecule has 0 aliphatic carbocycles. The molecule has 0 saturated carbocycles. The van der Waals surface area contributed by atoms with Gasteiger partial charge in [0.05, 0.1) is 11.9 Å².